The van der Waals surface area contributed by atoms with Crippen molar-refractivity contribution in [1.29, 1.82) is 5.26 Å². The number of ketones is 1. The zero-order valence-electron chi connectivity index (χ0n) is 38.7. The maximum Gasteiger partial charge on any atom is 0.300 e. The monoisotopic (exact) mass is 1030 g/mol. The lowest BCUT2D eigenvalue weighted by molar-refractivity contribution is -0.134. The van der Waals surface area contributed by atoms with Crippen LogP contribution in [-0.2, 0) is 41.4 Å². The van der Waals surface area contributed by atoms with Crippen LogP contribution in [0.25, 0.3) is 0 Å². The Balaban J connectivity index is 0.000000238. The zero-order chi connectivity index (χ0) is 50.1. The van der Waals surface area contributed by atoms with E-state index in [1.165, 1.54) is 22.9 Å². The predicted octanol–water partition coefficient (Wildman–Crippen LogP) is 6.07. The number of ether oxygens (including phenoxy) is 4. The molecule has 0 bridgehead atoms. The number of hydrogen-bond acceptors (Lipinski definition) is 15. The molecule has 3 aromatic rings. The molecule has 69 heavy (non-hydrogen) atoms. The molecule has 4 saturated heterocycles. The average Bonchev–Trinajstić information content (AvgIpc) is 3.77. The molecule has 0 amide bonds. The van der Waals surface area contributed by atoms with Gasteiger partial charge >= 0.3 is 0 Å². The number of likely N-dealkylation sites (tertiary alicyclic amines) is 1. The lowest BCUT2D eigenvalue weighted by Gasteiger charge is -2.46. The van der Waals surface area contributed by atoms with E-state index in [0.29, 0.717) is 81.0 Å². The van der Waals surface area contributed by atoms with E-state index in [1.807, 2.05) is 59.7 Å². The molecule has 0 aliphatic carbocycles. The molecule has 4 aliphatic heterocycles. The number of rotatable bonds is 14. The molecule has 0 unspecified atom stereocenters. The van der Waals surface area contributed by atoms with Gasteiger partial charge in [-0.3, -0.25) is 14.5 Å². The minimum atomic E-state index is -2.47. The van der Waals surface area contributed by atoms with Gasteiger partial charge < -0.3 is 44.9 Å². The maximum atomic E-state index is 12.5. The fourth-order valence-electron chi connectivity index (χ4n) is 7.82. The second kappa shape index (κ2) is 31.1. The molecule has 17 nitrogen and oxygen atoms in total. The number of halogens is 6. The fraction of sp³-hybridized carbons (Fsp3) is 0.600. The van der Waals surface area contributed by atoms with E-state index in [1.54, 1.807) is 6.19 Å². The highest BCUT2D eigenvalue weighted by molar-refractivity contribution is 8.13. The number of morpholine rings is 2. The minimum Gasteiger partial charge on any atom is -0.481 e. The number of carbonyl (C=O) groups is 2. The summed E-state index contributed by atoms with van der Waals surface area (Å²) in [4.78, 5) is 34.4. The molecule has 0 saturated carbocycles. The lowest BCUT2D eigenvalue weighted by atomic mass is 9.96. The number of aliphatic carboxylic acids is 1. The Hall–Kier alpha value is -4.31. The molecule has 1 aromatic heterocycles. The van der Waals surface area contributed by atoms with Crippen molar-refractivity contribution in [2.24, 2.45) is 4.99 Å². The van der Waals surface area contributed by atoms with Crippen LogP contribution >= 0.6 is 35.0 Å². The third-order valence-electron chi connectivity index (χ3n) is 11.1. The summed E-state index contributed by atoms with van der Waals surface area (Å²) >= 11 is 13.3. The molecule has 0 spiro atoms. The number of H-pyrrole nitrogens is 1. The number of nitrogens with one attached hydrogen (secondary N) is 2. The first-order valence-electron chi connectivity index (χ1n) is 22.4. The topological polar surface area (TPSA) is 217 Å². The van der Waals surface area contributed by atoms with Gasteiger partial charge in [0.25, 0.3) is 18.8 Å². The summed E-state index contributed by atoms with van der Waals surface area (Å²) in [5.41, 5.74) is 8.03. The van der Waals surface area contributed by atoms with E-state index in [9.17, 15) is 22.4 Å². The van der Waals surface area contributed by atoms with Crippen LogP contribution in [0.15, 0.2) is 53.5 Å². The van der Waals surface area contributed by atoms with Gasteiger partial charge in [-0.15, -0.1) is 10.1 Å². The molecule has 2 aromatic carbocycles. The Morgan fingerprint density at radius 2 is 1.49 bits per heavy atom. The van der Waals surface area contributed by atoms with Crippen LogP contribution in [0, 0.1) is 11.5 Å². The van der Waals surface area contributed by atoms with Gasteiger partial charge in [0, 0.05) is 87.2 Å². The van der Waals surface area contributed by atoms with Gasteiger partial charge in [-0.05, 0) is 67.3 Å². The number of alkyl halides is 4. The second-order valence-corrected chi connectivity index (χ2v) is 18.0. The second-order valence-electron chi connectivity index (χ2n) is 16.4. The number of nitriles is 1. The first kappa shape index (κ1) is 57.3. The molecule has 24 heteroatoms. The van der Waals surface area contributed by atoms with Crippen LogP contribution in [0.5, 0.6) is 0 Å². The standard InChI is InChI=1S/C21H29ClF2N6O2.C14H18ClF2NO2.C8H11N3OS.C2H4O2/c22-15-3-1-14(2-4-15)9-17-11-32-18(12-31-13-19(23)24)10-30(17)16-5-7-29(8-6-16)21-26-20(25)27-28-21;15-11-3-1-10(2-4-11)5-12-7-20-13(6-18-12)8-19-9-14(16)17;1-13-8(10-6-9)11-4-2-7(12)3-5-11;1-2(3)4/h1-4,16-19H,5-13H2,(H3,25,26,27,28);1-4,12-14,18H,5-9H2;2-5H2,1H3;1H3,(H,3,4)/t17-,18+;12-,13+;;/m00../s1. The van der Waals surface area contributed by atoms with Crippen LogP contribution in [0.3, 0.4) is 0 Å². The SMILES string of the molecule is CC(=O)O.CSC(=NC#N)N1CCC(=O)CC1.FC(F)COC[C@H]1CN[C@@H](Cc2ccc(Cl)cc2)CO1.Nc1nc(N2CCC(N3C[C@H](COCC(F)F)OC[C@@H]3Cc3ccc(Cl)cc3)CC2)n[nH]1. The molecule has 5 N–H and O–H groups in total. The summed E-state index contributed by atoms with van der Waals surface area (Å²) in [6.45, 7) is 5.73. The van der Waals surface area contributed by atoms with Crippen molar-refractivity contribution in [2.75, 3.05) is 95.8 Å². The van der Waals surface area contributed by atoms with E-state index in [0.717, 1.165) is 55.9 Å². The van der Waals surface area contributed by atoms with Gasteiger partial charge in [0.15, 0.2) is 5.17 Å². The number of hydrogen-bond donors (Lipinski definition) is 4. The number of anilines is 2. The lowest BCUT2D eigenvalue weighted by Crippen LogP contribution is -2.58. The third-order valence-corrected chi connectivity index (χ3v) is 12.3. The maximum absolute atomic E-state index is 12.5. The van der Waals surface area contributed by atoms with Crippen molar-refractivity contribution in [1.82, 2.24) is 30.3 Å². The number of nitrogen functional groups attached to an aromatic ring is 1. The van der Waals surface area contributed by atoms with Crippen molar-refractivity contribution in [2.45, 2.75) is 88.6 Å². The summed E-state index contributed by atoms with van der Waals surface area (Å²) in [6.07, 6.45) is 3.09. The summed E-state index contributed by atoms with van der Waals surface area (Å²) in [6, 6.07) is 16.3. The van der Waals surface area contributed by atoms with Crippen LogP contribution in [0.4, 0.5) is 29.5 Å². The molecule has 4 fully saturated rings. The first-order chi connectivity index (χ1) is 33.1. The van der Waals surface area contributed by atoms with E-state index in [4.69, 9.17) is 63.0 Å². The Morgan fingerprint density at radius 1 is 0.942 bits per heavy atom. The number of carbonyl (C=O) groups excluding carboxylic acids is 1. The molecule has 382 valence electrons. The molecule has 4 atom stereocenters. The highest BCUT2D eigenvalue weighted by atomic mass is 35.5. The van der Waals surface area contributed by atoms with E-state index in [2.05, 4.69) is 35.3 Å². The Labute approximate surface area is 414 Å². The number of thioether (sulfide) groups is 1. The van der Waals surface area contributed by atoms with Crippen LogP contribution in [-0.4, -0.2) is 175 Å². The van der Waals surface area contributed by atoms with Gasteiger partial charge in [0.2, 0.25) is 18.1 Å². The summed E-state index contributed by atoms with van der Waals surface area (Å²) in [5, 5.41) is 28.2. The number of nitrogens with two attached hydrogens (primary N) is 1. The largest absolute Gasteiger partial charge is 0.481 e. The molecule has 4 aliphatic rings. The number of carboxylic acids is 1. The van der Waals surface area contributed by atoms with E-state index < -0.39 is 32.0 Å². The summed E-state index contributed by atoms with van der Waals surface area (Å²) < 4.78 is 70.4. The van der Waals surface area contributed by atoms with Crippen molar-refractivity contribution in [3.63, 3.8) is 0 Å². The van der Waals surface area contributed by atoms with E-state index >= 15 is 0 Å². The predicted molar refractivity (Wildman–Crippen MR) is 257 cm³/mol. The zero-order valence-corrected chi connectivity index (χ0v) is 41.0. The normalized spacial score (nSPS) is 21.3. The van der Waals surface area contributed by atoms with Crippen LogP contribution in [0.1, 0.15) is 43.7 Å². The van der Waals surface area contributed by atoms with Gasteiger partial charge in [0.05, 0.1) is 38.6 Å². The quantitative estimate of drug-likeness (QED) is 0.0624. The van der Waals surface area contributed by atoms with Crippen LogP contribution in [0.2, 0.25) is 10.0 Å². The fourth-order valence-corrected chi connectivity index (χ4v) is 8.65. The smallest absolute Gasteiger partial charge is 0.300 e. The Kier molecular flexibility index (Phi) is 25.8. The molecular formula is C45H62Cl2F4N10O7S. The number of aliphatic imine (C=N–C) groups is 1. The van der Waals surface area contributed by atoms with Gasteiger partial charge in [-0.2, -0.15) is 10.2 Å². The molecule has 0 radical (unpaired) electrons. The summed E-state index contributed by atoms with van der Waals surface area (Å²) in [7, 11) is 0. The minimum absolute atomic E-state index is 0.157. The number of Topliss-reactive ketones (excluding diaryl/α,β-unsaturated/α-hetero) is 1. The number of amidine groups is 1. The van der Waals surface area contributed by atoms with E-state index in [-0.39, 0.29) is 37.5 Å². The average molecular weight is 1030 g/mol. The van der Waals surface area contributed by atoms with Crippen molar-refractivity contribution in [3.05, 3.63) is 69.7 Å². The highest BCUT2D eigenvalue weighted by Crippen LogP contribution is 2.27. The van der Waals surface area contributed by atoms with Gasteiger partial charge in [-0.25, -0.2) is 22.7 Å². The first-order valence-corrected chi connectivity index (χ1v) is 24.4. The van der Waals surface area contributed by atoms with Crippen LogP contribution < -0.4 is 16.0 Å². The molecular weight excluding hydrogens is 972 g/mol. The number of piperidine rings is 2. The number of benzene rings is 2. The number of aromatic nitrogens is 3. The number of carboxylic acid groups (broad SMARTS) is 1. The van der Waals surface area contributed by atoms with Crippen molar-refractivity contribution >= 4 is 63.8 Å². The van der Waals surface area contributed by atoms with Gasteiger partial charge in [0.1, 0.15) is 19.0 Å². The molecule has 7 rings (SSSR count). The van der Waals surface area contributed by atoms with Crippen molar-refractivity contribution < 1.29 is 51.2 Å². The van der Waals surface area contributed by atoms with Crippen molar-refractivity contribution in [3.8, 4) is 6.19 Å². The number of aromatic amines is 1. The van der Waals surface area contributed by atoms with Gasteiger partial charge in [-0.1, -0.05) is 59.2 Å². The molecule has 5 heterocycles. The number of nitrogens with zero attached hydrogens (tertiary/aromatic N) is 7. The third kappa shape index (κ3) is 22.1. The Bertz CT molecular complexity index is 2010. The highest BCUT2D eigenvalue weighted by Gasteiger charge is 2.36. The Morgan fingerprint density at radius 3 is 1.99 bits per heavy atom. The summed E-state index contributed by atoms with van der Waals surface area (Å²) in [5.74, 6) is 0.401.